The highest BCUT2D eigenvalue weighted by molar-refractivity contribution is 5.90. The van der Waals surface area contributed by atoms with Gasteiger partial charge in [0.05, 0.1) is 24.7 Å². The number of ether oxygens (including phenoxy) is 4. The molecule has 0 aliphatic heterocycles. The Morgan fingerprint density at radius 3 is 1.67 bits per heavy atom. The Labute approximate surface area is 262 Å². The van der Waals surface area contributed by atoms with Crippen molar-refractivity contribution in [1.82, 2.24) is 0 Å². The van der Waals surface area contributed by atoms with Crippen LogP contribution in [-0.4, -0.2) is 43.3 Å². The van der Waals surface area contributed by atoms with Crippen molar-refractivity contribution in [2.24, 2.45) is 5.92 Å². The minimum Gasteiger partial charge on any atom is -0.426 e. The van der Waals surface area contributed by atoms with E-state index in [0.29, 0.717) is 28.4 Å². The van der Waals surface area contributed by atoms with Crippen molar-refractivity contribution < 1.29 is 38.4 Å². The van der Waals surface area contributed by atoms with Gasteiger partial charge in [-0.1, -0.05) is 67.8 Å². The first-order valence-electron chi connectivity index (χ1n) is 14.1. The molecule has 0 radical (unpaired) electrons. The van der Waals surface area contributed by atoms with Gasteiger partial charge in [-0.2, -0.15) is 0 Å². The lowest BCUT2D eigenvalue weighted by Crippen LogP contribution is -2.22. The van der Waals surface area contributed by atoms with E-state index in [4.69, 9.17) is 24.1 Å². The summed E-state index contributed by atoms with van der Waals surface area (Å²) in [7, 11) is 1.53. The van der Waals surface area contributed by atoms with Crippen LogP contribution in [0.4, 0.5) is 0 Å². The van der Waals surface area contributed by atoms with Crippen molar-refractivity contribution in [2.45, 2.75) is 13.8 Å². The third-order valence-electron chi connectivity index (χ3n) is 6.83. The summed E-state index contributed by atoms with van der Waals surface area (Å²) in [4.78, 5) is 36.6. The van der Waals surface area contributed by atoms with Crippen molar-refractivity contribution in [3.63, 3.8) is 0 Å². The van der Waals surface area contributed by atoms with Crippen LogP contribution in [-0.2, 0) is 19.1 Å². The highest BCUT2D eigenvalue weighted by Crippen LogP contribution is 2.36. The maximum absolute atomic E-state index is 12.8. The van der Waals surface area contributed by atoms with E-state index < -0.39 is 30.4 Å². The molecule has 45 heavy (non-hydrogen) atoms. The molecule has 0 heterocycles. The number of carbonyl (C=O) groups is 3. The summed E-state index contributed by atoms with van der Waals surface area (Å²) in [5.74, 6) is -0.912. The minimum absolute atomic E-state index is 0.0409. The number of hydrogen-bond donors (Lipinski definition) is 1. The van der Waals surface area contributed by atoms with Gasteiger partial charge in [0.15, 0.2) is 0 Å². The van der Waals surface area contributed by atoms with Crippen molar-refractivity contribution in [3.8, 4) is 50.6 Å². The van der Waals surface area contributed by atoms with E-state index in [-0.39, 0.29) is 12.2 Å². The molecule has 0 amide bonds. The Bertz CT molecular complexity index is 1700. The molecule has 1 N–H and O–H groups in total. The normalized spacial score (nSPS) is 11.3. The van der Waals surface area contributed by atoms with Gasteiger partial charge in [-0.25, -0.2) is 9.59 Å². The van der Waals surface area contributed by atoms with Crippen molar-refractivity contribution >= 4 is 17.9 Å². The number of carbonyl (C=O) groups excluding carboxylic acids is 3. The third kappa shape index (κ3) is 8.41. The van der Waals surface area contributed by atoms with Crippen LogP contribution in [0.5, 0.6) is 17.2 Å². The smallest absolute Gasteiger partial charge is 0.341 e. The van der Waals surface area contributed by atoms with Crippen LogP contribution in [0, 0.1) is 5.92 Å². The van der Waals surface area contributed by atoms with Gasteiger partial charge in [0, 0.05) is 18.2 Å². The first-order chi connectivity index (χ1) is 21.6. The summed E-state index contributed by atoms with van der Waals surface area (Å²) in [5, 5.41) is 9.10. The molecule has 0 saturated heterocycles. The second-order valence-electron chi connectivity index (χ2n) is 10.4. The molecule has 0 aromatic heterocycles. The van der Waals surface area contributed by atoms with Gasteiger partial charge in [0.25, 0.3) is 0 Å². The van der Waals surface area contributed by atoms with Gasteiger partial charge >= 0.3 is 17.9 Å². The fraction of sp³-hybridized carbons (Fsp3) is 0.162. The molecular weight excluding hydrogens is 572 g/mol. The van der Waals surface area contributed by atoms with Crippen LogP contribution in [0.15, 0.2) is 115 Å². The molecule has 1 atom stereocenters. The maximum Gasteiger partial charge on any atom is 0.341 e. The zero-order valence-electron chi connectivity index (χ0n) is 25.4. The summed E-state index contributed by atoms with van der Waals surface area (Å²) in [6, 6.07) is 27.4. The molecule has 0 spiro atoms. The van der Waals surface area contributed by atoms with Gasteiger partial charge < -0.3 is 24.1 Å². The number of hydrogen-bond acceptors (Lipinski definition) is 8. The lowest BCUT2D eigenvalue weighted by atomic mass is 9.96. The zero-order valence-corrected chi connectivity index (χ0v) is 25.4. The SMILES string of the molecule is C=C(C)C(=O)Oc1ccc(-c2ccc(-c3cc(-c4ccc(OC(=O)C(=C)CO)cc4)ccc3OC(=O)C(C)COC)cc2)cc1. The van der Waals surface area contributed by atoms with E-state index >= 15 is 0 Å². The molecule has 8 heteroatoms. The lowest BCUT2D eigenvalue weighted by molar-refractivity contribution is -0.140. The summed E-state index contributed by atoms with van der Waals surface area (Å²) >= 11 is 0. The molecule has 0 bridgehead atoms. The molecule has 0 saturated carbocycles. The molecule has 8 nitrogen and oxygen atoms in total. The average Bonchev–Trinajstić information content (AvgIpc) is 3.05. The molecule has 1 unspecified atom stereocenters. The van der Waals surface area contributed by atoms with Crippen LogP contribution in [0.3, 0.4) is 0 Å². The monoisotopic (exact) mass is 606 g/mol. The van der Waals surface area contributed by atoms with Crippen LogP contribution >= 0.6 is 0 Å². The molecule has 4 aromatic rings. The number of aliphatic hydroxyl groups excluding tert-OH is 1. The van der Waals surface area contributed by atoms with Crippen LogP contribution in [0.25, 0.3) is 33.4 Å². The van der Waals surface area contributed by atoms with Gasteiger partial charge in [0.1, 0.15) is 17.2 Å². The van der Waals surface area contributed by atoms with Crippen molar-refractivity contribution in [3.05, 3.63) is 115 Å². The lowest BCUT2D eigenvalue weighted by Gasteiger charge is -2.16. The summed E-state index contributed by atoms with van der Waals surface area (Å²) in [6.45, 7) is 10.2. The fourth-order valence-electron chi connectivity index (χ4n) is 4.26. The predicted molar refractivity (Wildman–Crippen MR) is 172 cm³/mol. The summed E-state index contributed by atoms with van der Waals surface area (Å²) in [5.41, 5.74) is 5.35. The molecule has 4 aromatic carbocycles. The molecular formula is C37H34O8. The molecule has 230 valence electrons. The standard InChI is InChI=1S/C37H34O8/c1-23(2)35(39)43-31-15-10-27(11-16-31)26-6-8-29(9-7-26)33-20-30(14-19-34(33)45-37(41)25(4)22-42-5)28-12-17-32(18-13-28)44-36(40)24(3)21-38/h6-20,25,38H,1,3,21-22H2,2,4-5H3. The number of aliphatic hydroxyl groups is 1. The van der Waals surface area contributed by atoms with Crippen LogP contribution < -0.4 is 14.2 Å². The Kier molecular flexibility index (Phi) is 10.8. The Balaban J connectivity index is 1.63. The molecule has 0 fully saturated rings. The predicted octanol–water partition coefficient (Wildman–Crippen LogP) is 6.81. The number of methoxy groups -OCH3 is 1. The molecule has 4 rings (SSSR count). The zero-order chi connectivity index (χ0) is 32.5. The first kappa shape index (κ1) is 32.6. The number of benzene rings is 4. The summed E-state index contributed by atoms with van der Waals surface area (Å²) < 4.78 is 21.5. The van der Waals surface area contributed by atoms with E-state index in [2.05, 4.69) is 13.2 Å². The third-order valence-corrected chi connectivity index (χ3v) is 6.83. The highest BCUT2D eigenvalue weighted by Gasteiger charge is 2.19. The van der Waals surface area contributed by atoms with Gasteiger partial charge in [-0.15, -0.1) is 0 Å². The quantitative estimate of drug-likeness (QED) is 0.106. The molecule has 0 aliphatic carbocycles. The fourth-order valence-corrected chi connectivity index (χ4v) is 4.26. The van der Waals surface area contributed by atoms with E-state index in [1.807, 2.05) is 48.5 Å². The average molecular weight is 607 g/mol. The summed E-state index contributed by atoms with van der Waals surface area (Å²) in [6.07, 6.45) is 0. The maximum atomic E-state index is 12.8. The first-order valence-corrected chi connectivity index (χ1v) is 14.1. The second kappa shape index (κ2) is 14.9. The van der Waals surface area contributed by atoms with E-state index in [0.717, 1.165) is 27.8 Å². The van der Waals surface area contributed by atoms with Gasteiger partial charge in [0.2, 0.25) is 0 Å². The van der Waals surface area contributed by atoms with Crippen molar-refractivity contribution in [2.75, 3.05) is 20.3 Å². The van der Waals surface area contributed by atoms with E-state index in [1.54, 1.807) is 56.3 Å². The topological polar surface area (TPSA) is 108 Å². The van der Waals surface area contributed by atoms with Gasteiger partial charge in [-0.3, -0.25) is 4.79 Å². The Morgan fingerprint density at radius 2 is 1.16 bits per heavy atom. The van der Waals surface area contributed by atoms with E-state index in [1.165, 1.54) is 7.11 Å². The number of esters is 3. The highest BCUT2D eigenvalue weighted by atomic mass is 16.5. The van der Waals surface area contributed by atoms with Crippen LogP contribution in [0.1, 0.15) is 13.8 Å². The Morgan fingerprint density at radius 1 is 0.689 bits per heavy atom. The molecule has 0 aliphatic rings. The number of rotatable bonds is 12. The van der Waals surface area contributed by atoms with Crippen molar-refractivity contribution in [1.29, 1.82) is 0 Å². The van der Waals surface area contributed by atoms with E-state index in [9.17, 15) is 14.4 Å². The second-order valence-corrected chi connectivity index (χ2v) is 10.4. The Hall–Kier alpha value is -5.31. The van der Waals surface area contributed by atoms with Gasteiger partial charge in [-0.05, 0) is 78.1 Å². The minimum atomic E-state index is -0.702. The van der Waals surface area contributed by atoms with Crippen LogP contribution in [0.2, 0.25) is 0 Å². The largest absolute Gasteiger partial charge is 0.426 e.